The van der Waals surface area contributed by atoms with E-state index in [4.69, 9.17) is 0 Å². The number of rotatable bonds is 0. The first-order valence-electron chi connectivity index (χ1n) is 36.2. The average Bonchev–Trinajstić information content (AvgIpc) is 0.731. The molecule has 14 bridgehead atoms. The highest BCUT2D eigenvalue weighted by Crippen LogP contribution is 2.52. The lowest BCUT2D eigenvalue weighted by atomic mass is 9.64. The van der Waals surface area contributed by atoms with Crippen LogP contribution >= 0.6 is 0 Å². The Morgan fingerprint density at radius 1 is 0.250 bits per heavy atom. The van der Waals surface area contributed by atoms with Gasteiger partial charge in [-0.05, 0) is 287 Å². The lowest BCUT2D eigenvalue weighted by molar-refractivity contribution is 0.0986. The third-order valence-corrected chi connectivity index (χ3v) is 24.1. The first-order chi connectivity index (χ1) is 47.8. The summed E-state index contributed by atoms with van der Waals surface area (Å²) < 4.78 is 0. The molecular formula is C92H92N4O4. The summed E-state index contributed by atoms with van der Waals surface area (Å²) in [6, 6.07) is 52.0. The number of fused-ring (bicyclic) bond motifs is 8. The summed E-state index contributed by atoms with van der Waals surface area (Å²) in [6.45, 7) is 25.7. The summed E-state index contributed by atoms with van der Waals surface area (Å²) in [4.78, 5) is 70.8. The van der Waals surface area contributed by atoms with E-state index in [9.17, 15) is 0 Å². The van der Waals surface area contributed by atoms with E-state index in [1.54, 1.807) is 0 Å². The fraction of sp³-hybridized carbons (Fsp3) is 0.304. The molecule has 2 spiro atoms. The molecule has 0 aromatic heterocycles. The number of anilines is 4. The predicted molar refractivity (Wildman–Crippen MR) is 419 cm³/mol. The fourth-order valence-electron chi connectivity index (χ4n) is 19.7. The first-order valence-corrected chi connectivity index (χ1v) is 36.2. The van der Waals surface area contributed by atoms with Gasteiger partial charge in [-0.15, -0.1) is 0 Å². The summed E-state index contributed by atoms with van der Waals surface area (Å²) >= 11 is 0. The highest BCUT2D eigenvalue weighted by Gasteiger charge is 2.41. The van der Waals surface area contributed by atoms with Gasteiger partial charge in [-0.25, -0.2) is 0 Å². The standard InChI is InChI=1S/C92H92N4O4/c1-51-27-23-31-69-73-47-63-48-74(70-32-24-28-52(2)78(70)81(63)77(51)69)88(98)94(14)84-57(7)41-66(42-58(84)8)92(37-21-18-22-38-92)68-45-61(11)86(62(12)46-68)96(16)90(100)76-50-64-49-75(71-33-25-29-53(3)79(71)82(64)80-54(4)30-26-34-72(76)80)89(99)95(15)85-59(9)43-67(44-60(85)10)91(35-19-17-20-36-91)65-39-55(5)83(56(6)40-65)93(13)87(73)97/h23-34,39-50H,17-22,35-38H2,1-16H3. The van der Waals surface area contributed by atoms with Gasteiger partial charge in [0.2, 0.25) is 0 Å². The maximum Gasteiger partial charge on any atom is 0.258 e. The Bertz CT molecular complexity index is 4820. The Balaban J connectivity index is 0.948. The quantitative estimate of drug-likeness (QED) is 0.142. The van der Waals surface area contributed by atoms with Crippen molar-refractivity contribution in [1.82, 2.24) is 0 Å². The molecule has 12 aliphatic rings. The van der Waals surface area contributed by atoms with Gasteiger partial charge in [0.1, 0.15) is 0 Å². The number of carbonyl (C=O) groups is 4. The minimum absolute atomic E-state index is 0.117. The van der Waals surface area contributed by atoms with Crippen molar-refractivity contribution in [3.05, 3.63) is 257 Å². The molecule has 10 heterocycles. The maximum absolute atomic E-state index is 15.9. The van der Waals surface area contributed by atoms with Crippen LogP contribution < -0.4 is 19.6 Å². The van der Waals surface area contributed by atoms with Crippen LogP contribution in [0, 0.1) is 83.1 Å². The maximum atomic E-state index is 15.9. The second-order valence-corrected chi connectivity index (χ2v) is 30.5. The highest BCUT2D eigenvalue weighted by molar-refractivity contribution is 6.32. The van der Waals surface area contributed by atoms with E-state index in [0.29, 0.717) is 22.3 Å². The molecule has 12 aromatic rings. The molecule has 504 valence electrons. The van der Waals surface area contributed by atoms with Crippen molar-refractivity contribution in [2.24, 2.45) is 0 Å². The molecule has 12 aromatic carbocycles. The van der Waals surface area contributed by atoms with Gasteiger partial charge in [-0.2, -0.15) is 0 Å². The zero-order valence-corrected chi connectivity index (χ0v) is 61.3. The van der Waals surface area contributed by atoms with Crippen molar-refractivity contribution < 1.29 is 19.2 Å². The fourth-order valence-corrected chi connectivity index (χ4v) is 19.7. The summed E-state index contributed by atoms with van der Waals surface area (Å²) in [5.41, 5.74) is 22.6. The third kappa shape index (κ3) is 10.0. The van der Waals surface area contributed by atoms with Gasteiger partial charge in [-0.1, -0.05) is 160 Å². The predicted octanol–water partition coefficient (Wildman–Crippen LogP) is 22.2. The molecule has 10 aliphatic heterocycles. The monoisotopic (exact) mass is 1320 g/mol. The van der Waals surface area contributed by atoms with E-state index >= 15 is 19.2 Å². The van der Waals surface area contributed by atoms with Crippen molar-refractivity contribution >= 4 is 111 Å². The summed E-state index contributed by atoms with van der Waals surface area (Å²) in [6.07, 6.45) is 10.5. The smallest absolute Gasteiger partial charge is 0.258 e. The van der Waals surface area contributed by atoms with Gasteiger partial charge in [0.25, 0.3) is 23.6 Å². The van der Waals surface area contributed by atoms with E-state index in [2.05, 4.69) is 204 Å². The van der Waals surface area contributed by atoms with E-state index in [0.717, 1.165) is 218 Å². The van der Waals surface area contributed by atoms with E-state index in [-0.39, 0.29) is 34.5 Å². The van der Waals surface area contributed by atoms with Crippen LogP contribution in [0.1, 0.15) is 195 Å². The molecule has 0 atom stereocenters. The number of benzene rings is 12. The summed E-state index contributed by atoms with van der Waals surface area (Å²) in [5.74, 6) is -0.469. The largest absolute Gasteiger partial charge is 0.311 e. The van der Waals surface area contributed by atoms with Crippen LogP contribution in [0.2, 0.25) is 0 Å². The lowest BCUT2D eigenvalue weighted by Gasteiger charge is -2.40. The van der Waals surface area contributed by atoms with Crippen LogP contribution in [0.5, 0.6) is 0 Å². The number of hydrogen-bond donors (Lipinski definition) is 0. The zero-order valence-electron chi connectivity index (χ0n) is 61.3. The Hall–Kier alpha value is -9.92. The molecule has 8 heteroatoms. The molecule has 24 rings (SSSR count). The van der Waals surface area contributed by atoms with Gasteiger partial charge >= 0.3 is 0 Å². The van der Waals surface area contributed by atoms with Crippen molar-refractivity contribution in [3.8, 4) is 0 Å². The molecule has 0 unspecified atom stereocenters. The number of aryl methyl sites for hydroxylation is 12. The molecule has 4 amide bonds. The number of hydrogen-bond acceptors (Lipinski definition) is 4. The Labute approximate surface area is 589 Å². The normalized spacial score (nSPS) is 16.2. The number of nitrogens with zero attached hydrogens (tertiary/aromatic N) is 4. The molecule has 0 N–H and O–H groups in total. The van der Waals surface area contributed by atoms with Crippen molar-refractivity contribution in [2.45, 2.75) is 158 Å². The molecule has 100 heavy (non-hydrogen) atoms. The van der Waals surface area contributed by atoms with Gasteiger partial charge in [0.05, 0.1) is 0 Å². The molecule has 0 radical (unpaired) electrons. The Morgan fingerprint density at radius 3 is 0.650 bits per heavy atom. The second kappa shape index (κ2) is 24.5. The van der Waals surface area contributed by atoms with Gasteiger partial charge in [0, 0.05) is 84.0 Å². The number of amides is 4. The second-order valence-electron chi connectivity index (χ2n) is 30.5. The first kappa shape index (κ1) is 66.0. The van der Waals surface area contributed by atoms with Crippen LogP contribution in [0.15, 0.2) is 146 Å². The lowest BCUT2D eigenvalue weighted by Crippen LogP contribution is -2.33. The summed E-state index contributed by atoms with van der Waals surface area (Å²) in [7, 11) is 7.67. The highest BCUT2D eigenvalue weighted by atomic mass is 16.2. The summed E-state index contributed by atoms with van der Waals surface area (Å²) in [5, 5.41) is 11.3. The van der Waals surface area contributed by atoms with Crippen LogP contribution in [-0.2, 0) is 10.8 Å². The Kier molecular flexibility index (Phi) is 16.1. The van der Waals surface area contributed by atoms with Crippen LogP contribution in [0.25, 0.3) is 64.6 Å². The van der Waals surface area contributed by atoms with Gasteiger partial charge < -0.3 is 19.6 Å². The van der Waals surface area contributed by atoms with Crippen molar-refractivity contribution in [2.75, 3.05) is 47.8 Å². The molecule has 2 aliphatic carbocycles. The van der Waals surface area contributed by atoms with Crippen LogP contribution in [0.3, 0.4) is 0 Å². The minimum atomic E-state index is -0.313. The zero-order chi connectivity index (χ0) is 70.4. The topological polar surface area (TPSA) is 81.2 Å². The van der Waals surface area contributed by atoms with E-state index in [1.165, 1.54) is 22.3 Å². The molecule has 8 nitrogen and oxygen atoms in total. The van der Waals surface area contributed by atoms with Crippen molar-refractivity contribution in [3.63, 3.8) is 0 Å². The minimum Gasteiger partial charge on any atom is -0.311 e. The van der Waals surface area contributed by atoms with Crippen LogP contribution in [-0.4, -0.2) is 51.8 Å². The molecule has 0 saturated heterocycles. The molecular weight excluding hydrogens is 1230 g/mol. The van der Waals surface area contributed by atoms with Crippen molar-refractivity contribution in [1.29, 1.82) is 0 Å². The van der Waals surface area contributed by atoms with Gasteiger partial charge in [-0.3, -0.25) is 19.2 Å². The van der Waals surface area contributed by atoms with Gasteiger partial charge in [0.15, 0.2) is 0 Å². The average molecular weight is 1320 g/mol. The Morgan fingerprint density at radius 2 is 0.450 bits per heavy atom. The third-order valence-electron chi connectivity index (χ3n) is 24.1. The SMILES string of the molecule is Cc1cc2cc(C)c1N(C)C(=O)c1cc3cc(c4cccc(C)c4c3c3c(C)cccc13)C(=O)N(C)c1c(C)cc(cc1C)C1(CCCCC1)c1cc(C)c(c(C)c1)N(C)C(=O)c1cc3cc(c4cccc(C)c4c3c3c(C)cccc13)C(=O)N(C)c1c(C)cc(cc1C)C21CCCCC1. The van der Waals surface area contributed by atoms with E-state index in [1.807, 2.05) is 72.1 Å². The van der Waals surface area contributed by atoms with E-state index < -0.39 is 0 Å². The molecule has 2 fully saturated rings. The van der Waals surface area contributed by atoms with Crippen LogP contribution in [0.4, 0.5) is 22.7 Å². The number of carbonyl (C=O) groups excluding carboxylic acids is 4. The molecule has 2 saturated carbocycles.